The number of carbonyl (C=O) groups is 1. The van der Waals surface area contributed by atoms with Gasteiger partial charge in [-0.15, -0.1) is 0 Å². The Balaban J connectivity index is 2.21. The summed E-state index contributed by atoms with van der Waals surface area (Å²) in [6, 6.07) is 0. The van der Waals surface area contributed by atoms with Crippen molar-refractivity contribution in [2.75, 3.05) is 26.2 Å². The van der Waals surface area contributed by atoms with Crippen molar-refractivity contribution < 1.29 is 9.90 Å². The Morgan fingerprint density at radius 2 is 2.40 bits per heavy atom. The molecule has 1 amide bonds. The molecule has 1 saturated heterocycles. The van der Waals surface area contributed by atoms with E-state index in [1.54, 1.807) is 0 Å². The van der Waals surface area contributed by atoms with Gasteiger partial charge in [0.2, 0.25) is 5.91 Å². The fraction of sp³-hybridized carbons (Fsp3) is 0.900. The molecule has 0 aliphatic carbocycles. The molecule has 1 heterocycles. The molecule has 1 rings (SSSR count). The summed E-state index contributed by atoms with van der Waals surface area (Å²) < 4.78 is 0. The Bertz CT molecular complexity index is 197. The average Bonchev–Trinajstić information content (AvgIpc) is 2.27. The zero-order chi connectivity index (χ0) is 11.1. The molecule has 0 saturated carbocycles. The second-order valence-corrected chi connectivity index (χ2v) is 4.14. The Hall–Kier alpha value is -0.650. The van der Waals surface area contributed by atoms with Crippen LogP contribution in [0.2, 0.25) is 0 Å². The van der Waals surface area contributed by atoms with Gasteiger partial charge in [0.05, 0.1) is 0 Å². The van der Waals surface area contributed by atoms with Gasteiger partial charge in [-0.25, -0.2) is 5.84 Å². The van der Waals surface area contributed by atoms with Crippen LogP contribution in [0.5, 0.6) is 0 Å². The quantitative estimate of drug-likeness (QED) is 0.327. The fourth-order valence-corrected chi connectivity index (χ4v) is 2.10. The maximum Gasteiger partial charge on any atom is 0.235 e. The summed E-state index contributed by atoms with van der Waals surface area (Å²) in [6.07, 6.45) is 3.69. The number of likely N-dealkylation sites (tertiary alicyclic amines) is 1. The van der Waals surface area contributed by atoms with E-state index in [1.807, 2.05) is 0 Å². The van der Waals surface area contributed by atoms with Gasteiger partial charge in [0.25, 0.3) is 0 Å². The van der Waals surface area contributed by atoms with Crippen molar-refractivity contribution in [1.82, 2.24) is 10.3 Å². The zero-order valence-corrected chi connectivity index (χ0v) is 9.11. The van der Waals surface area contributed by atoms with Crippen molar-refractivity contribution in [1.29, 1.82) is 0 Å². The largest absolute Gasteiger partial charge is 0.396 e. The summed E-state index contributed by atoms with van der Waals surface area (Å²) in [7, 11) is 0. The highest BCUT2D eigenvalue weighted by Crippen LogP contribution is 2.19. The standard InChI is InChI=1S/C10H21N3O2/c11-12-10(15)3-6-13-5-1-2-9(8-13)4-7-14/h9,14H,1-8,11H2,(H,12,15). The van der Waals surface area contributed by atoms with Crippen molar-refractivity contribution in [3.05, 3.63) is 0 Å². The first-order valence-electron chi connectivity index (χ1n) is 5.59. The molecule has 5 heteroatoms. The third kappa shape index (κ3) is 4.59. The molecule has 0 bridgehead atoms. The van der Waals surface area contributed by atoms with E-state index < -0.39 is 0 Å². The van der Waals surface area contributed by atoms with Gasteiger partial charge in [0, 0.05) is 26.1 Å². The summed E-state index contributed by atoms with van der Waals surface area (Å²) in [4.78, 5) is 13.2. The van der Waals surface area contributed by atoms with Crippen LogP contribution in [0, 0.1) is 5.92 Å². The van der Waals surface area contributed by atoms with Crippen molar-refractivity contribution >= 4 is 5.91 Å². The van der Waals surface area contributed by atoms with Crippen LogP contribution in [0.1, 0.15) is 25.7 Å². The molecule has 5 nitrogen and oxygen atoms in total. The minimum absolute atomic E-state index is 0.112. The minimum atomic E-state index is -0.112. The van der Waals surface area contributed by atoms with Crippen LogP contribution in [0.4, 0.5) is 0 Å². The van der Waals surface area contributed by atoms with Crippen LogP contribution in [-0.2, 0) is 4.79 Å². The molecule has 1 aliphatic rings. The third-order valence-electron chi connectivity index (χ3n) is 2.96. The van der Waals surface area contributed by atoms with Crippen LogP contribution in [0.3, 0.4) is 0 Å². The van der Waals surface area contributed by atoms with E-state index in [1.165, 1.54) is 6.42 Å². The molecular formula is C10H21N3O2. The average molecular weight is 215 g/mol. The van der Waals surface area contributed by atoms with Gasteiger partial charge in [-0.05, 0) is 31.7 Å². The number of piperidine rings is 1. The molecule has 0 aromatic carbocycles. The van der Waals surface area contributed by atoms with Crippen molar-refractivity contribution in [3.63, 3.8) is 0 Å². The summed E-state index contributed by atoms with van der Waals surface area (Å²) in [6.45, 7) is 3.09. The van der Waals surface area contributed by atoms with Gasteiger partial charge in [-0.2, -0.15) is 0 Å². The van der Waals surface area contributed by atoms with Gasteiger partial charge < -0.3 is 10.0 Å². The van der Waals surface area contributed by atoms with E-state index in [4.69, 9.17) is 10.9 Å². The maximum absolute atomic E-state index is 11.0. The Labute approximate surface area is 90.6 Å². The van der Waals surface area contributed by atoms with Gasteiger partial charge in [-0.3, -0.25) is 10.2 Å². The lowest BCUT2D eigenvalue weighted by molar-refractivity contribution is -0.121. The predicted molar refractivity (Wildman–Crippen MR) is 57.8 cm³/mol. The lowest BCUT2D eigenvalue weighted by atomic mass is 9.95. The molecule has 1 fully saturated rings. The number of hydrogen-bond donors (Lipinski definition) is 3. The zero-order valence-electron chi connectivity index (χ0n) is 9.11. The molecule has 88 valence electrons. The molecule has 0 aromatic rings. The number of aliphatic hydroxyl groups excluding tert-OH is 1. The van der Waals surface area contributed by atoms with Crippen LogP contribution in [0.15, 0.2) is 0 Å². The number of nitrogens with two attached hydrogens (primary N) is 1. The number of hydrazine groups is 1. The lowest BCUT2D eigenvalue weighted by Crippen LogP contribution is -2.39. The number of nitrogens with zero attached hydrogens (tertiary/aromatic N) is 1. The number of aliphatic hydroxyl groups is 1. The maximum atomic E-state index is 11.0. The predicted octanol–water partition coefficient (Wildman–Crippen LogP) is -0.539. The first kappa shape index (κ1) is 12.4. The summed E-state index contributed by atoms with van der Waals surface area (Å²) in [5.41, 5.74) is 2.14. The van der Waals surface area contributed by atoms with Crippen LogP contribution < -0.4 is 11.3 Å². The first-order chi connectivity index (χ1) is 7.26. The second-order valence-electron chi connectivity index (χ2n) is 4.14. The monoisotopic (exact) mass is 215 g/mol. The number of amides is 1. The van der Waals surface area contributed by atoms with E-state index in [-0.39, 0.29) is 12.5 Å². The normalized spacial score (nSPS) is 22.7. The molecular weight excluding hydrogens is 194 g/mol. The Morgan fingerprint density at radius 3 is 3.07 bits per heavy atom. The fourth-order valence-electron chi connectivity index (χ4n) is 2.10. The smallest absolute Gasteiger partial charge is 0.235 e. The van der Waals surface area contributed by atoms with Crippen molar-refractivity contribution in [2.45, 2.75) is 25.7 Å². The molecule has 4 N–H and O–H groups in total. The number of nitrogens with one attached hydrogen (secondary N) is 1. The van der Waals surface area contributed by atoms with Crippen LogP contribution in [0.25, 0.3) is 0 Å². The first-order valence-corrected chi connectivity index (χ1v) is 5.59. The van der Waals surface area contributed by atoms with Crippen molar-refractivity contribution in [3.8, 4) is 0 Å². The topological polar surface area (TPSA) is 78.6 Å². The molecule has 1 unspecified atom stereocenters. The van der Waals surface area contributed by atoms with E-state index in [0.29, 0.717) is 12.3 Å². The lowest BCUT2D eigenvalue weighted by Gasteiger charge is -2.32. The van der Waals surface area contributed by atoms with E-state index in [9.17, 15) is 4.79 Å². The van der Waals surface area contributed by atoms with E-state index in [0.717, 1.165) is 32.5 Å². The minimum Gasteiger partial charge on any atom is -0.396 e. The molecule has 0 spiro atoms. The number of hydrogen-bond acceptors (Lipinski definition) is 4. The SMILES string of the molecule is NNC(=O)CCN1CCCC(CCO)C1. The number of rotatable bonds is 5. The molecule has 0 radical (unpaired) electrons. The van der Waals surface area contributed by atoms with E-state index in [2.05, 4.69) is 10.3 Å². The highest BCUT2D eigenvalue weighted by Gasteiger charge is 2.19. The van der Waals surface area contributed by atoms with E-state index >= 15 is 0 Å². The molecule has 1 atom stereocenters. The van der Waals surface area contributed by atoms with Crippen LogP contribution >= 0.6 is 0 Å². The molecule has 0 aromatic heterocycles. The van der Waals surface area contributed by atoms with Crippen LogP contribution in [-0.4, -0.2) is 42.2 Å². The summed E-state index contributed by atoms with van der Waals surface area (Å²) in [5, 5.41) is 8.86. The highest BCUT2D eigenvalue weighted by molar-refractivity contribution is 5.75. The van der Waals surface area contributed by atoms with Crippen molar-refractivity contribution in [2.24, 2.45) is 11.8 Å². The summed E-state index contributed by atoms with van der Waals surface area (Å²) >= 11 is 0. The van der Waals surface area contributed by atoms with Gasteiger partial charge in [0.1, 0.15) is 0 Å². The highest BCUT2D eigenvalue weighted by atomic mass is 16.3. The molecule has 15 heavy (non-hydrogen) atoms. The Morgan fingerprint density at radius 1 is 1.60 bits per heavy atom. The van der Waals surface area contributed by atoms with Gasteiger partial charge in [0.15, 0.2) is 0 Å². The second kappa shape index (κ2) is 6.76. The summed E-state index contributed by atoms with van der Waals surface area (Å²) in [5.74, 6) is 5.49. The Kier molecular flexibility index (Phi) is 5.60. The third-order valence-corrected chi connectivity index (χ3v) is 2.96. The van der Waals surface area contributed by atoms with Gasteiger partial charge >= 0.3 is 0 Å². The van der Waals surface area contributed by atoms with Gasteiger partial charge in [-0.1, -0.05) is 0 Å². The molecule has 1 aliphatic heterocycles. The number of carbonyl (C=O) groups excluding carboxylic acids is 1.